The second-order valence-electron chi connectivity index (χ2n) is 7.24. The number of hydrogen-bond donors (Lipinski definition) is 0. The zero-order valence-electron chi connectivity index (χ0n) is 16.7. The predicted molar refractivity (Wildman–Crippen MR) is 107 cm³/mol. The number of Topliss-reactive ketones (excluding diaryl/α,β-unsaturated/α-hetero) is 1. The molecule has 1 saturated heterocycles. The maximum atomic E-state index is 12.8. The molecule has 3 rings (SSSR count). The number of carbonyl (C=O) groups excluding carboxylic acids is 2. The van der Waals surface area contributed by atoms with Crippen LogP contribution >= 0.6 is 0 Å². The van der Waals surface area contributed by atoms with Crippen LogP contribution in [0.4, 0.5) is 13.2 Å². The van der Waals surface area contributed by atoms with Crippen molar-refractivity contribution in [3.8, 4) is 0 Å². The number of amides is 1. The van der Waals surface area contributed by atoms with Crippen molar-refractivity contribution >= 4 is 21.7 Å². The van der Waals surface area contributed by atoms with Crippen LogP contribution in [-0.2, 0) is 27.4 Å². The third-order valence-corrected chi connectivity index (χ3v) is 7.01. The van der Waals surface area contributed by atoms with Crippen molar-refractivity contribution in [1.82, 2.24) is 9.21 Å². The summed E-state index contributed by atoms with van der Waals surface area (Å²) in [5, 5.41) is 0. The normalized spacial score (nSPS) is 15.7. The van der Waals surface area contributed by atoms with Gasteiger partial charge in [-0.25, -0.2) is 8.42 Å². The first-order valence-electron chi connectivity index (χ1n) is 9.53. The fraction of sp³-hybridized carbons (Fsp3) is 0.333. The van der Waals surface area contributed by atoms with E-state index in [1.165, 1.54) is 52.5 Å². The summed E-state index contributed by atoms with van der Waals surface area (Å²) in [5.74, 6) is -0.529. The number of carbonyl (C=O) groups is 2. The van der Waals surface area contributed by atoms with Gasteiger partial charge < -0.3 is 4.90 Å². The monoisotopic (exact) mass is 454 g/mol. The fourth-order valence-corrected chi connectivity index (χ4v) is 4.75. The molecule has 1 heterocycles. The number of ketones is 1. The number of sulfonamides is 1. The van der Waals surface area contributed by atoms with Gasteiger partial charge in [0.2, 0.25) is 15.9 Å². The van der Waals surface area contributed by atoms with Gasteiger partial charge in [0.15, 0.2) is 5.78 Å². The molecule has 2 aromatic carbocycles. The van der Waals surface area contributed by atoms with Crippen LogP contribution in [0.1, 0.15) is 28.4 Å². The highest BCUT2D eigenvalue weighted by atomic mass is 32.2. The van der Waals surface area contributed by atoms with Crippen LogP contribution in [0.3, 0.4) is 0 Å². The Morgan fingerprint density at radius 2 is 1.58 bits per heavy atom. The van der Waals surface area contributed by atoms with Gasteiger partial charge in [0.25, 0.3) is 0 Å². The van der Waals surface area contributed by atoms with Gasteiger partial charge in [0.1, 0.15) is 0 Å². The Morgan fingerprint density at radius 3 is 2.13 bits per heavy atom. The highest BCUT2D eigenvalue weighted by molar-refractivity contribution is 7.89. The van der Waals surface area contributed by atoms with Crippen molar-refractivity contribution < 1.29 is 31.2 Å². The van der Waals surface area contributed by atoms with Gasteiger partial charge in [-0.05, 0) is 30.7 Å². The van der Waals surface area contributed by atoms with Crippen LogP contribution in [0.5, 0.6) is 0 Å². The molecule has 0 spiro atoms. The van der Waals surface area contributed by atoms with Crippen LogP contribution in [0.15, 0.2) is 53.4 Å². The molecule has 2 aromatic rings. The summed E-state index contributed by atoms with van der Waals surface area (Å²) in [6.07, 6.45) is -4.68. The minimum atomic E-state index is -4.48. The van der Waals surface area contributed by atoms with Crippen LogP contribution in [0.2, 0.25) is 0 Å². The molecule has 0 saturated carbocycles. The minimum Gasteiger partial charge on any atom is -0.340 e. The second-order valence-corrected chi connectivity index (χ2v) is 9.18. The molecule has 1 amide bonds. The van der Waals surface area contributed by atoms with Crippen LogP contribution < -0.4 is 0 Å². The van der Waals surface area contributed by atoms with Crippen LogP contribution in [-0.4, -0.2) is 55.5 Å². The second kappa shape index (κ2) is 8.80. The molecular formula is C21H21F3N2O4S. The Balaban J connectivity index is 1.62. The molecule has 10 heteroatoms. The number of rotatable bonds is 5. The predicted octanol–water partition coefficient (Wildman–Crippen LogP) is 2.98. The summed E-state index contributed by atoms with van der Waals surface area (Å²) in [4.78, 5) is 25.4. The molecule has 31 heavy (non-hydrogen) atoms. The molecule has 0 radical (unpaired) electrons. The van der Waals surface area contributed by atoms with Crippen molar-refractivity contribution in [1.29, 1.82) is 0 Å². The van der Waals surface area contributed by atoms with Gasteiger partial charge in [0.05, 0.1) is 16.9 Å². The Hall–Kier alpha value is -2.72. The summed E-state index contributed by atoms with van der Waals surface area (Å²) in [7, 11) is -3.78. The molecule has 0 aliphatic carbocycles. The summed E-state index contributed by atoms with van der Waals surface area (Å²) >= 11 is 0. The molecule has 166 valence electrons. The fourth-order valence-electron chi connectivity index (χ4n) is 3.33. The molecule has 6 nitrogen and oxygen atoms in total. The number of benzene rings is 2. The standard InChI is InChI=1S/C21H21F3N2O4S/c1-15(27)17-5-7-19(8-6-17)31(29,30)26-11-9-25(10-12-26)20(28)14-16-3-2-4-18(13-16)21(22,23)24/h2-8,13H,9-12,14H2,1H3. The van der Waals surface area contributed by atoms with Gasteiger partial charge in [-0.15, -0.1) is 0 Å². The third kappa shape index (κ3) is 5.31. The molecule has 0 N–H and O–H groups in total. The minimum absolute atomic E-state index is 0.0567. The van der Waals surface area contributed by atoms with E-state index in [0.29, 0.717) is 5.56 Å². The van der Waals surface area contributed by atoms with Crippen molar-refractivity contribution in [2.24, 2.45) is 0 Å². The Labute approximate surface area is 178 Å². The lowest BCUT2D eigenvalue weighted by molar-refractivity contribution is -0.138. The summed E-state index contributed by atoms with van der Waals surface area (Å²) < 4.78 is 65.4. The molecule has 0 atom stereocenters. The average molecular weight is 454 g/mol. The maximum Gasteiger partial charge on any atom is 0.416 e. The van der Waals surface area contributed by atoms with E-state index in [1.807, 2.05) is 0 Å². The van der Waals surface area contributed by atoms with Crippen LogP contribution in [0, 0.1) is 0 Å². The average Bonchev–Trinajstić information content (AvgIpc) is 2.73. The Kier molecular flexibility index (Phi) is 6.51. The maximum absolute atomic E-state index is 12.8. The first kappa shape index (κ1) is 23.0. The van der Waals surface area contributed by atoms with Gasteiger partial charge in [0, 0.05) is 31.7 Å². The lowest BCUT2D eigenvalue weighted by Gasteiger charge is -2.34. The van der Waals surface area contributed by atoms with Crippen LogP contribution in [0.25, 0.3) is 0 Å². The summed E-state index contributed by atoms with van der Waals surface area (Å²) in [6.45, 7) is 1.82. The van der Waals surface area contributed by atoms with Gasteiger partial charge in [-0.3, -0.25) is 9.59 Å². The quantitative estimate of drug-likeness (QED) is 0.651. The lowest BCUT2D eigenvalue weighted by Crippen LogP contribution is -2.50. The number of halogens is 3. The molecular weight excluding hydrogens is 433 g/mol. The van der Waals surface area contributed by atoms with Crippen molar-refractivity contribution in [3.63, 3.8) is 0 Å². The topological polar surface area (TPSA) is 74.8 Å². The SMILES string of the molecule is CC(=O)c1ccc(S(=O)(=O)N2CCN(C(=O)Cc3cccc(C(F)(F)F)c3)CC2)cc1. The van der Waals surface area contributed by atoms with Gasteiger partial charge in [-0.2, -0.15) is 17.5 Å². The van der Waals surface area contributed by atoms with E-state index < -0.39 is 21.8 Å². The molecule has 0 aromatic heterocycles. The zero-order valence-corrected chi connectivity index (χ0v) is 17.5. The molecule has 0 bridgehead atoms. The van der Waals surface area contributed by atoms with Crippen molar-refractivity contribution in [3.05, 3.63) is 65.2 Å². The first-order chi connectivity index (χ1) is 14.5. The van der Waals surface area contributed by atoms with Gasteiger partial charge in [-0.1, -0.05) is 30.3 Å². The molecule has 1 aliphatic rings. The van der Waals surface area contributed by atoms with E-state index in [9.17, 15) is 31.2 Å². The third-order valence-electron chi connectivity index (χ3n) is 5.10. The Bertz CT molecular complexity index is 1070. The Morgan fingerprint density at radius 1 is 0.968 bits per heavy atom. The van der Waals surface area contributed by atoms with E-state index in [0.717, 1.165) is 12.1 Å². The molecule has 0 unspecified atom stereocenters. The number of piperazine rings is 1. The number of nitrogens with zero attached hydrogens (tertiary/aromatic N) is 2. The smallest absolute Gasteiger partial charge is 0.340 e. The van der Waals surface area contributed by atoms with Crippen molar-refractivity contribution in [2.75, 3.05) is 26.2 Å². The first-order valence-corrected chi connectivity index (χ1v) is 11.0. The number of hydrogen-bond acceptors (Lipinski definition) is 4. The molecule has 1 fully saturated rings. The van der Waals surface area contributed by atoms with E-state index in [2.05, 4.69) is 0 Å². The van der Waals surface area contributed by atoms with E-state index in [-0.39, 0.29) is 54.7 Å². The summed E-state index contributed by atoms with van der Waals surface area (Å²) in [5.41, 5.74) is -0.158. The largest absolute Gasteiger partial charge is 0.416 e. The highest BCUT2D eigenvalue weighted by Gasteiger charge is 2.32. The van der Waals surface area contributed by atoms with E-state index >= 15 is 0 Å². The zero-order chi connectivity index (χ0) is 22.8. The van der Waals surface area contributed by atoms with Gasteiger partial charge >= 0.3 is 6.18 Å². The summed E-state index contributed by atoms with van der Waals surface area (Å²) in [6, 6.07) is 10.2. The van der Waals surface area contributed by atoms with E-state index in [1.54, 1.807) is 0 Å². The van der Waals surface area contributed by atoms with Crippen molar-refractivity contribution in [2.45, 2.75) is 24.4 Å². The lowest BCUT2D eigenvalue weighted by atomic mass is 10.1. The highest BCUT2D eigenvalue weighted by Crippen LogP contribution is 2.29. The number of alkyl halides is 3. The van der Waals surface area contributed by atoms with E-state index in [4.69, 9.17) is 0 Å². The molecule has 1 aliphatic heterocycles.